The molecule has 1 aromatic rings. The van der Waals surface area contributed by atoms with Crippen LogP contribution in [0.1, 0.15) is 23.4 Å². The Morgan fingerprint density at radius 3 is 2.71 bits per heavy atom. The fourth-order valence-electron chi connectivity index (χ4n) is 0.893. The van der Waals surface area contributed by atoms with Gasteiger partial charge in [0.05, 0.1) is 17.1 Å². The molecular formula is C8H4BrClF2N2. The number of nitriles is 1. The van der Waals surface area contributed by atoms with Gasteiger partial charge in [-0.25, -0.2) is 13.8 Å². The van der Waals surface area contributed by atoms with Gasteiger partial charge in [0, 0.05) is 4.47 Å². The maximum Gasteiger partial charge on any atom is 0.281 e. The summed E-state index contributed by atoms with van der Waals surface area (Å²) >= 11 is 8.57. The van der Waals surface area contributed by atoms with Gasteiger partial charge in [0.1, 0.15) is 11.8 Å². The number of hydrogen-bond acceptors (Lipinski definition) is 2. The molecule has 14 heavy (non-hydrogen) atoms. The van der Waals surface area contributed by atoms with Crippen molar-refractivity contribution in [1.82, 2.24) is 4.98 Å². The summed E-state index contributed by atoms with van der Waals surface area (Å²) in [5, 5.41) is 8.58. The molecular weight excluding hydrogens is 277 g/mol. The van der Waals surface area contributed by atoms with E-state index >= 15 is 0 Å². The standard InChI is InChI=1S/C8H4BrClF2N2/c9-5-1-4(3-13)7(8(11)12)14-6(5)2-10/h1,8H,2H2. The molecule has 0 saturated carbocycles. The van der Waals surface area contributed by atoms with Crippen LogP contribution in [0.4, 0.5) is 8.78 Å². The van der Waals surface area contributed by atoms with Gasteiger partial charge < -0.3 is 0 Å². The van der Waals surface area contributed by atoms with Crippen molar-refractivity contribution >= 4 is 27.5 Å². The van der Waals surface area contributed by atoms with Gasteiger partial charge in [-0.3, -0.25) is 0 Å². The van der Waals surface area contributed by atoms with Gasteiger partial charge in [-0.1, -0.05) is 0 Å². The van der Waals surface area contributed by atoms with Crippen LogP contribution < -0.4 is 0 Å². The quantitative estimate of drug-likeness (QED) is 0.779. The Kier molecular flexibility index (Phi) is 3.78. The number of rotatable bonds is 2. The van der Waals surface area contributed by atoms with Crippen molar-refractivity contribution < 1.29 is 8.78 Å². The number of aromatic nitrogens is 1. The van der Waals surface area contributed by atoms with Gasteiger partial charge in [-0.2, -0.15) is 5.26 Å². The number of nitrogens with zero attached hydrogens (tertiary/aromatic N) is 2. The lowest BCUT2D eigenvalue weighted by Gasteiger charge is -2.05. The predicted molar refractivity (Wildman–Crippen MR) is 51.2 cm³/mol. The fraction of sp³-hybridized carbons (Fsp3) is 0.250. The van der Waals surface area contributed by atoms with Crippen LogP contribution in [-0.2, 0) is 5.88 Å². The molecule has 0 bridgehead atoms. The topological polar surface area (TPSA) is 36.7 Å². The highest BCUT2D eigenvalue weighted by molar-refractivity contribution is 9.10. The molecule has 0 aliphatic rings. The molecule has 74 valence electrons. The minimum atomic E-state index is -2.76. The maximum absolute atomic E-state index is 12.4. The van der Waals surface area contributed by atoms with Gasteiger partial charge in [0.2, 0.25) is 0 Å². The molecule has 0 radical (unpaired) electrons. The first kappa shape index (κ1) is 11.3. The number of alkyl halides is 3. The Morgan fingerprint density at radius 2 is 2.29 bits per heavy atom. The van der Waals surface area contributed by atoms with E-state index in [0.717, 1.165) is 0 Å². The van der Waals surface area contributed by atoms with E-state index in [1.165, 1.54) is 6.07 Å². The molecule has 0 aromatic carbocycles. The van der Waals surface area contributed by atoms with Crippen molar-refractivity contribution in [3.05, 3.63) is 27.5 Å². The van der Waals surface area contributed by atoms with Crippen LogP contribution in [0.3, 0.4) is 0 Å². The van der Waals surface area contributed by atoms with Crippen LogP contribution in [-0.4, -0.2) is 4.98 Å². The highest BCUT2D eigenvalue weighted by Gasteiger charge is 2.17. The molecule has 1 rings (SSSR count). The van der Waals surface area contributed by atoms with Gasteiger partial charge in [0.15, 0.2) is 0 Å². The van der Waals surface area contributed by atoms with Gasteiger partial charge in [-0.05, 0) is 22.0 Å². The van der Waals surface area contributed by atoms with Crippen LogP contribution in [0.2, 0.25) is 0 Å². The van der Waals surface area contributed by atoms with E-state index in [2.05, 4.69) is 20.9 Å². The Hall–Kier alpha value is -0.730. The number of hydrogen-bond donors (Lipinski definition) is 0. The Balaban J connectivity index is 3.34. The van der Waals surface area contributed by atoms with E-state index < -0.39 is 12.1 Å². The molecule has 0 N–H and O–H groups in total. The van der Waals surface area contributed by atoms with Crippen molar-refractivity contribution in [3.63, 3.8) is 0 Å². The molecule has 6 heteroatoms. The van der Waals surface area contributed by atoms with Gasteiger partial charge >= 0.3 is 0 Å². The molecule has 0 saturated heterocycles. The fourth-order valence-corrected chi connectivity index (χ4v) is 1.72. The van der Waals surface area contributed by atoms with Crippen molar-refractivity contribution in [2.24, 2.45) is 0 Å². The van der Waals surface area contributed by atoms with Crippen molar-refractivity contribution in [3.8, 4) is 6.07 Å². The van der Waals surface area contributed by atoms with Crippen molar-refractivity contribution in [2.75, 3.05) is 0 Å². The average Bonchev–Trinajstić information content (AvgIpc) is 2.16. The summed E-state index contributed by atoms with van der Waals surface area (Å²) in [6.07, 6.45) is -2.76. The summed E-state index contributed by atoms with van der Waals surface area (Å²) in [5.74, 6) is 0.0199. The van der Waals surface area contributed by atoms with Gasteiger partial charge in [-0.15, -0.1) is 11.6 Å². The third-order valence-corrected chi connectivity index (χ3v) is 2.47. The first-order valence-corrected chi connectivity index (χ1v) is 4.86. The molecule has 2 nitrogen and oxygen atoms in total. The summed E-state index contributed by atoms with van der Waals surface area (Å²) in [4.78, 5) is 3.61. The first-order chi connectivity index (χ1) is 6.60. The summed E-state index contributed by atoms with van der Waals surface area (Å²) in [5.41, 5.74) is -0.354. The molecule has 0 amide bonds. The molecule has 1 heterocycles. The second-order valence-corrected chi connectivity index (χ2v) is 3.52. The lowest BCUT2D eigenvalue weighted by atomic mass is 10.2. The second-order valence-electron chi connectivity index (χ2n) is 2.40. The Bertz CT molecular complexity index is 390. The summed E-state index contributed by atoms with van der Waals surface area (Å²) in [7, 11) is 0. The van der Waals surface area contributed by atoms with E-state index in [-0.39, 0.29) is 11.4 Å². The molecule has 0 unspecified atom stereocenters. The largest absolute Gasteiger partial charge is 0.281 e. The third kappa shape index (κ3) is 2.20. The predicted octanol–water partition coefficient (Wildman–Crippen LogP) is 3.39. The second kappa shape index (κ2) is 4.67. The van der Waals surface area contributed by atoms with E-state index in [9.17, 15) is 8.78 Å². The third-order valence-electron chi connectivity index (χ3n) is 1.53. The number of halogens is 4. The van der Waals surface area contributed by atoms with Gasteiger partial charge in [0.25, 0.3) is 6.43 Å². The molecule has 0 aliphatic carbocycles. The smallest absolute Gasteiger partial charge is 0.248 e. The summed E-state index contributed by atoms with van der Waals surface area (Å²) < 4.78 is 25.2. The summed E-state index contributed by atoms with van der Waals surface area (Å²) in [6, 6.07) is 2.95. The Labute approximate surface area is 92.6 Å². The minimum Gasteiger partial charge on any atom is -0.248 e. The zero-order chi connectivity index (χ0) is 10.7. The van der Waals surface area contributed by atoms with E-state index in [0.29, 0.717) is 10.2 Å². The summed E-state index contributed by atoms with van der Waals surface area (Å²) in [6.45, 7) is 0. The average molecular weight is 281 g/mol. The lowest BCUT2D eigenvalue weighted by molar-refractivity contribution is 0.145. The normalized spacial score (nSPS) is 10.3. The van der Waals surface area contributed by atoms with Crippen molar-refractivity contribution in [2.45, 2.75) is 12.3 Å². The van der Waals surface area contributed by atoms with Crippen LogP contribution in [0.5, 0.6) is 0 Å². The monoisotopic (exact) mass is 280 g/mol. The zero-order valence-electron chi connectivity index (χ0n) is 6.77. The first-order valence-electron chi connectivity index (χ1n) is 3.53. The number of pyridine rings is 1. The molecule has 1 aromatic heterocycles. The van der Waals surface area contributed by atoms with Crippen molar-refractivity contribution in [1.29, 1.82) is 5.26 Å². The molecule has 0 spiro atoms. The SMILES string of the molecule is N#Cc1cc(Br)c(CCl)nc1C(F)F. The molecule has 0 atom stereocenters. The van der Waals surface area contributed by atoms with E-state index in [4.69, 9.17) is 16.9 Å². The van der Waals surface area contributed by atoms with Crippen LogP contribution >= 0.6 is 27.5 Å². The highest BCUT2D eigenvalue weighted by atomic mass is 79.9. The maximum atomic E-state index is 12.4. The minimum absolute atomic E-state index is 0.0199. The van der Waals surface area contributed by atoms with Crippen LogP contribution in [0.25, 0.3) is 0 Å². The highest BCUT2D eigenvalue weighted by Crippen LogP contribution is 2.26. The zero-order valence-corrected chi connectivity index (χ0v) is 9.11. The van der Waals surface area contributed by atoms with E-state index in [1.54, 1.807) is 6.07 Å². The van der Waals surface area contributed by atoms with E-state index in [1.807, 2.05) is 0 Å². The van der Waals surface area contributed by atoms with Crippen LogP contribution in [0, 0.1) is 11.3 Å². The Morgan fingerprint density at radius 1 is 1.64 bits per heavy atom. The van der Waals surface area contributed by atoms with Crippen LogP contribution in [0.15, 0.2) is 10.5 Å². The molecule has 0 fully saturated rings. The molecule has 0 aliphatic heterocycles. The lowest BCUT2D eigenvalue weighted by Crippen LogP contribution is -1.99.